The van der Waals surface area contributed by atoms with Gasteiger partial charge >= 0.3 is 6.18 Å². The standard InChI is InChI=1S/C19H16F3NO3/c20-19(21,22)13-4-2-12(3-5-13)14-8-15(14)18(24)23-9-11-1-6-16-17(7-11)26-10-25-16/h1-7,14-15H,8-10H2,(H,23,24). The van der Waals surface area contributed by atoms with E-state index >= 15 is 0 Å². The van der Waals surface area contributed by atoms with Gasteiger partial charge in [-0.05, 0) is 47.7 Å². The summed E-state index contributed by atoms with van der Waals surface area (Å²) >= 11 is 0. The minimum Gasteiger partial charge on any atom is -0.454 e. The van der Waals surface area contributed by atoms with E-state index in [9.17, 15) is 18.0 Å². The van der Waals surface area contributed by atoms with E-state index in [1.807, 2.05) is 12.1 Å². The summed E-state index contributed by atoms with van der Waals surface area (Å²) in [5, 5.41) is 2.87. The predicted molar refractivity (Wildman–Crippen MR) is 86.7 cm³/mol. The van der Waals surface area contributed by atoms with Crippen LogP contribution in [-0.4, -0.2) is 12.7 Å². The highest BCUT2D eigenvalue weighted by Gasteiger charge is 2.44. The van der Waals surface area contributed by atoms with E-state index in [2.05, 4.69) is 5.32 Å². The van der Waals surface area contributed by atoms with Gasteiger partial charge in [0.15, 0.2) is 11.5 Å². The lowest BCUT2D eigenvalue weighted by atomic mass is 10.1. The van der Waals surface area contributed by atoms with Crippen molar-refractivity contribution in [3.63, 3.8) is 0 Å². The Morgan fingerprint density at radius 3 is 2.54 bits per heavy atom. The van der Waals surface area contributed by atoms with E-state index in [1.165, 1.54) is 12.1 Å². The van der Waals surface area contributed by atoms with Crippen molar-refractivity contribution in [1.29, 1.82) is 0 Å². The highest BCUT2D eigenvalue weighted by atomic mass is 19.4. The molecular formula is C19H16F3NO3. The van der Waals surface area contributed by atoms with E-state index in [-0.39, 0.29) is 24.5 Å². The molecule has 1 aliphatic carbocycles. The number of amides is 1. The molecule has 2 atom stereocenters. The number of rotatable bonds is 4. The molecule has 7 heteroatoms. The molecule has 0 saturated heterocycles. The monoisotopic (exact) mass is 363 g/mol. The lowest BCUT2D eigenvalue weighted by Crippen LogP contribution is -2.24. The Balaban J connectivity index is 1.33. The number of carbonyl (C=O) groups is 1. The van der Waals surface area contributed by atoms with Crippen LogP contribution in [0.1, 0.15) is 29.0 Å². The Morgan fingerprint density at radius 2 is 1.81 bits per heavy atom. The zero-order valence-corrected chi connectivity index (χ0v) is 13.7. The van der Waals surface area contributed by atoms with E-state index in [0.29, 0.717) is 24.5 Å². The van der Waals surface area contributed by atoms with Gasteiger partial charge in [0.05, 0.1) is 5.56 Å². The molecule has 2 aliphatic rings. The number of hydrogen-bond donors (Lipinski definition) is 1. The fourth-order valence-electron chi connectivity index (χ4n) is 3.14. The normalized spacial score (nSPS) is 20.7. The maximum atomic E-state index is 12.6. The van der Waals surface area contributed by atoms with Crippen molar-refractivity contribution in [1.82, 2.24) is 5.32 Å². The van der Waals surface area contributed by atoms with Crippen LogP contribution >= 0.6 is 0 Å². The van der Waals surface area contributed by atoms with Gasteiger partial charge in [-0.3, -0.25) is 4.79 Å². The van der Waals surface area contributed by atoms with Gasteiger partial charge in [0, 0.05) is 12.5 Å². The van der Waals surface area contributed by atoms with E-state index in [0.717, 1.165) is 23.3 Å². The van der Waals surface area contributed by atoms with Crippen molar-refractivity contribution in [2.45, 2.75) is 25.1 Å². The van der Waals surface area contributed by atoms with Gasteiger partial charge in [0.2, 0.25) is 12.7 Å². The van der Waals surface area contributed by atoms with Gasteiger partial charge < -0.3 is 14.8 Å². The van der Waals surface area contributed by atoms with Crippen LogP contribution in [0.5, 0.6) is 11.5 Å². The van der Waals surface area contributed by atoms with Crippen molar-refractivity contribution in [2.75, 3.05) is 6.79 Å². The van der Waals surface area contributed by atoms with Crippen LogP contribution < -0.4 is 14.8 Å². The molecule has 2 unspecified atom stereocenters. The van der Waals surface area contributed by atoms with E-state index in [4.69, 9.17) is 9.47 Å². The highest BCUT2D eigenvalue weighted by molar-refractivity contribution is 5.82. The van der Waals surface area contributed by atoms with Gasteiger partial charge in [-0.1, -0.05) is 18.2 Å². The average molecular weight is 363 g/mol. The first-order chi connectivity index (χ1) is 12.4. The summed E-state index contributed by atoms with van der Waals surface area (Å²) in [6, 6.07) is 10.5. The van der Waals surface area contributed by atoms with Gasteiger partial charge in [-0.2, -0.15) is 13.2 Å². The molecule has 1 amide bonds. The first-order valence-electron chi connectivity index (χ1n) is 8.25. The van der Waals surface area contributed by atoms with Gasteiger partial charge in [0.25, 0.3) is 0 Å². The number of fused-ring (bicyclic) bond motifs is 1. The number of ether oxygens (including phenoxy) is 2. The largest absolute Gasteiger partial charge is 0.454 e. The lowest BCUT2D eigenvalue weighted by Gasteiger charge is -2.08. The number of hydrogen-bond acceptors (Lipinski definition) is 3. The first-order valence-corrected chi connectivity index (χ1v) is 8.25. The van der Waals surface area contributed by atoms with Crippen molar-refractivity contribution in [3.05, 3.63) is 59.2 Å². The van der Waals surface area contributed by atoms with Gasteiger partial charge in [-0.15, -0.1) is 0 Å². The van der Waals surface area contributed by atoms with Gasteiger partial charge in [0.1, 0.15) is 0 Å². The smallest absolute Gasteiger partial charge is 0.416 e. The number of benzene rings is 2. The molecule has 0 radical (unpaired) electrons. The number of carbonyl (C=O) groups excluding carboxylic acids is 1. The van der Waals surface area contributed by atoms with Gasteiger partial charge in [-0.25, -0.2) is 0 Å². The first kappa shape index (κ1) is 16.8. The molecule has 2 aromatic carbocycles. The fraction of sp³-hybridized carbons (Fsp3) is 0.316. The molecule has 4 nitrogen and oxygen atoms in total. The Kier molecular flexibility index (Phi) is 4.01. The Labute approximate surface area is 147 Å². The van der Waals surface area contributed by atoms with Crippen molar-refractivity contribution in [3.8, 4) is 11.5 Å². The zero-order chi connectivity index (χ0) is 18.3. The molecule has 2 aromatic rings. The maximum absolute atomic E-state index is 12.6. The van der Waals surface area contributed by atoms with Crippen LogP contribution in [0.4, 0.5) is 13.2 Å². The molecule has 0 bridgehead atoms. The molecule has 26 heavy (non-hydrogen) atoms. The molecule has 1 N–H and O–H groups in total. The summed E-state index contributed by atoms with van der Waals surface area (Å²) in [5.74, 6) is 1.04. The van der Waals surface area contributed by atoms with Crippen LogP contribution in [0.3, 0.4) is 0 Å². The number of alkyl halides is 3. The number of halogens is 3. The third-order valence-corrected chi connectivity index (χ3v) is 4.70. The molecule has 1 heterocycles. The minimum absolute atomic E-state index is 0.0194. The van der Waals surface area contributed by atoms with Crippen LogP contribution in [0, 0.1) is 5.92 Å². The van der Waals surface area contributed by atoms with Crippen LogP contribution in [0.2, 0.25) is 0 Å². The quantitative estimate of drug-likeness (QED) is 0.898. The molecular weight excluding hydrogens is 347 g/mol. The lowest BCUT2D eigenvalue weighted by molar-refractivity contribution is -0.137. The molecule has 136 valence electrons. The van der Waals surface area contributed by atoms with Crippen LogP contribution in [0.25, 0.3) is 0 Å². The third-order valence-electron chi connectivity index (χ3n) is 4.70. The molecule has 1 aliphatic heterocycles. The summed E-state index contributed by atoms with van der Waals surface area (Å²) in [6.07, 6.45) is -3.69. The average Bonchev–Trinajstić information content (AvgIpc) is 3.29. The van der Waals surface area contributed by atoms with Crippen molar-refractivity contribution < 1.29 is 27.4 Å². The second-order valence-electron chi connectivity index (χ2n) is 6.47. The molecule has 1 fully saturated rings. The van der Waals surface area contributed by atoms with Crippen LogP contribution in [-0.2, 0) is 17.5 Å². The molecule has 0 aromatic heterocycles. The zero-order valence-electron chi connectivity index (χ0n) is 13.7. The maximum Gasteiger partial charge on any atom is 0.416 e. The summed E-state index contributed by atoms with van der Waals surface area (Å²) in [6.45, 7) is 0.563. The molecule has 1 saturated carbocycles. The van der Waals surface area contributed by atoms with E-state index < -0.39 is 11.7 Å². The Hall–Kier alpha value is -2.70. The summed E-state index contributed by atoms with van der Waals surface area (Å²) in [5.41, 5.74) is 0.987. The minimum atomic E-state index is -4.34. The van der Waals surface area contributed by atoms with E-state index in [1.54, 1.807) is 6.07 Å². The summed E-state index contributed by atoms with van der Waals surface area (Å²) < 4.78 is 48.4. The predicted octanol–water partition coefficient (Wildman–Crippen LogP) is 3.85. The third kappa shape index (κ3) is 3.34. The molecule has 0 spiro atoms. The second-order valence-corrected chi connectivity index (χ2v) is 6.47. The Bertz CT molecular complexity index is 833. The van der Waals surface area contributed by atoms with Crippen molar-refractivity contribution >= 4 is 5.91 Å². The molecule has 4 rings (SSSR count). The summed E-state index contributed by atoms with van der Waals surface area (Å²) in [4.78, 5) is 12.3. The SMILES string of the molecule is O=C(NCc1ccc2c(c1)OCO2)C1CC1c1ccc(C(F)(F)F)cc1. The number of nitrogens with one attached hydrogen (secondary N) is 1. The fourth-order valence-corrected chi connectivity index (χ4v) is 3.14. The highest BCUT2D eigenvalue weighted by Crippen LogP contribution is 2.48. The van der Waals surface area contributed by atoms with Crippen molar-refractivity contribution in [2.24, 2.45) is 5.92 Å². The van der Waals surface area contributed by atoms with Crippen LogP contribution in [0.15, 0.2) is 42.5 Å². The topological polar surface area (TPSA) is 47.6 Å². The Morgan fingerprint density at radius 1 is 1.08 bits per heavy atom. The summed E-state index contributed by atoms with van der Waals surface area (Å²) in [7, 11) is 0. The second kappa shape index (κ2) is 6.23.